The second kappa shape index (κ2) is 3.88. The summed E-state index contributed by atoms with van der Waals surface area (Å²) in [6.07, 6.45) is 12.4. The Balaban J connectivity index is 1.72. The fourth-order valence-electron chi connectivity index (χ4n) is 3.50. The second-order valence-electron chi connectivity index (χ2n) is 5.29. The minimum absolute atomic E-state index is 0.521. The van der Waals surface area contributed by atoms with Crippen molar-refractivity contribution in [3.8, 4) is 0 Å². The van der Waals surface area contributed by atoms with Crippen LogP contribution in [0, 0.1) is 11.8 Å². The predicted octanol–water partition coefficient (Wildman–Crippen LogP) is 3.90. The van der Waals surface area contributed by atoms with Crippen LogP contribution < -0.4 is 0 Å². The highest BCUT2D eigenvalue weighted by Gasteiger charge is 2.36. The van der Waals surface area contributed by atoms with E-state index >= 15 is 0 Å². The summed E-state index contributed by atoms with van der Waals surface area (Å²) in [5.41, 5.74) is 2.85. The molecular formula is C17H16O. The fourth-order valence-corrected chi connectivity index (χ4v) is 3.50. The van der Waals surface area contributed by atoms with E-state index in [1.807, 2.05) is 0 Å². The summed E-state index contributed by atoms with van der Waals surface area (Å²) in [7, 11) is 0. The van der Waals surface area contributed by atoms with Gasteiger partial charge < -0.3 is 4.74 Å². The van der Waals surface area contributed by atoms with Gasteiger partial charge in [-0.05, 0) is 29.5 Å². The summed E-state index contributed by atoms with van der Waals surface area (Å²) in [5, 5.41) is 0. The standard InChI is InChI=1S/C17H16O/c1-2-5-13-12(4-1)8-9-15(13)14-6-3-7-17-16(14)10-11-18-17/h1-9,14-16H,10-11H2. The van der Waals surface area contributed by atoms with Crippen LogP contribution in [0.1, 0.15) is 23.5 Å². The van der Waals surface area contributed by atoms with Crippen molar-refractivity contribution < 1.29 is 4.74 Å². The number of benzene rings is 1. The Morgan fingerprint density at radius 3 is 3.06 bits per heavy atom. The molecule has 1 aliphatic heterocycles. The average molecular weight is 236 g/mol. The maximum Gasteiger partial charge on any atom is 0.0997 e. The normalized spacial score (nSPS) is 31.8. The zero-order valence-electron chi connectivity index (χ0n) is 10.3. The Hall–Kier alpha value is -1.76. The molecular weight excluding hydrogens is 220 g/mol. The fraction of sp³-hybridized carbons (Fsp3) is 0.294. The second-order valence-corrected chi connectivity index (χ2v) is 5.29. The van der Waals surface area contributed by atoms with Crippen LogP contribution in [-0.2, 0) is 4.74 Å². The van der Waals surface area contributed by atoms with Gasteiger partial charge in [0, 0.05) is 11.8 Å². The predicted molar refractivity (Wildman–Crippen MR) is 73.0 cm³/mol. The van der Waals surface area contributed by atoms with Gasteiger partial charge in [0.2, 0.25) is 0 Å². The smallest absolute Gasteiger partial charge is 0.0997 e. The molecule has 0 aromatic heterocycles. The van der Waals surface area contributed by atoms with Crippen LogP contribution in [0.2, 0.25) is 0 Å². The Labute approximate surface area is 107 Å². The SMILES string of the molecule is C1=CC(C2C=Cc3ccccc32)C2CCOC2=C1. The van der Waals surface area contributed by atoms with Gasteiger partial charge in [0.25, 0.3) is 0 Å². The lowest BCUT2D eigenvalue weighted by atomic mass is 9.75. The Bertz CT molecular complexity index is 565. The zero-order valence-corrected chi connectivity index (χ0v) is 10.3. The molecule has 0 amide bonds. The van der Waals surface area contributed by atoms with Crippen LogP contribution in [-0.4, -0.2) is 6.61 Å². The Kier molecular flexibility index (Phi) is 2.19. The quantitative estimate of drug-likeness (QED) is 0.718. The molecule has 3 unspecified atom stereocenters. The molecule has 1 saturated heterocycles. The van der Waals surface area contributed by atoms with Gasteiger partial charge in [-0.1, -0.05) is 48.6 Å². The van der Waals surface area contributed by atoms with E-state index in [0.717, 1.165) is 13.0 Å². The molecule has 1 heterocycles. The van der Waals surface area contributed by atoms with Gasteiger partial charge in [0.15, 0.2) is 0 Å². The highest BCUT2D eigenvalue weighted by atomic mass is 16.5. The molecule has 1 aromatic carbocycles. The largest absolute Gasteiger partial charge is 0.498 e. The molecule has 1 heteroatoms. The minimum Gasteiger partial charge on any atom is -0.498 e. The molecule has 3 atom stereocenters. The van der Waals surface area contributed by atoms with E-state index in [4.69, 9.17) is 4.74 Å². The summed E-state index contributed by atoms with van der Waals surface area (Å²) < 4.78 is 5.72. The highest BCUT2D eigenvalue weighted by molar-refractivity contribution is 5.63. The third kappa shape index (κ3) is 1.40. The first-order valence-corrected chi connectivity index (χ1v) is 6.72. The highest BCUT2D eigenvalue weighted by Crippen LogP contribution is 2.46. The number of hydrogen-bond acceptors (Lipinski definition) is 1. The van der Waals surface area contributed by atoms with Crippen molar-refractivity contribution >= 4 is 6.08 Å². The van der Waals surface area contributed by atoms with Crippen molar-refractivity contribution in [2.75, 3.05) is 6.61 Å². The van der Waals surface area contributed by atoms with Gasteiger partial charge in [-0.25, -0.2) is 0 Å². The molecule has 0 bridgehead atoms. The lowest BCUT2D eigenvalue weighted by Crippen LogP contribution is -2.20. The van der Waals surface area contributed by atoms with E-state index in [1.165, 1.54) is 16.9 Å². The maximum absolute atomic E-state index is 5.72. The van der Waals surface area contributed by atoms with Crippen LogP contribution in [0.3, 0.4) is 0 Å². The number of ether oxygens (including phenoxy) is 1. The van der Waals surface area contributed by atoms with E-state index in [9.17, 15) is 0 Å². The number of rotatable bonds is 1. The number of hydrogen-bond donors (Lipinski definition) is 0. The van der Waals surface area contributed by atoms with Crippen molar-refractivity contribution in [2.45, 2.75) is 12.3 Å². The molecule has 0 spiro atoms. The van der Waals surface area contributed by atoms with Gasteiger partial charge in [0.1, 0.15) is 0 Å². The van der Waals surface area contributed by atoms with E-state index in [0.29, 0.717) is 17.8 Å². The van der Waals surface area contributed by atoms with Crippen LogP contribution in [0.25, 0.3) is 6.08 Å². The van der Waals surface area contributed by atoms with E-state index in [1.54, 1.807) is 0 Å². The van der Waals surface area contributed by atoms with Gasteiger partial charge in [-0.3, -0.25) is 0 Å². The van der Waals surface area contributed by atoms with Crippen molar-refractivity contribution in [3.05, 3.63) is 65.5 Å². The molecule has 3 aliphatic rings. The molecule has 1 fully saturated rings. The van der Waals surface area contributed by atoms with E-state index in [2.05, 4.69) is 54.6 Å². The van der Waals surface area contributed by atoms with Crippen molar-refractivity contribution in [1.82, 2.24) is 0 Å². The molecule has 1 aromatic rings. The molecule has 90 valence electrons. The molecule has 0 N–H and O–H groups in total. The molecule has 1 nitrogen and oxygen atoms in total. The van der Waals surface area contributed by atoms with E-state index < -0.39 is 0 Å². The first-order chi connectivity index (χ1) is 8.93. The van der Waals surface area contributed by atoms with Gasteiger partial charge in [-0.2, -0.15) is 0 Å². The third-order valence-corrected chi connectivity index (χ3v) is 4.37. The van der Waals surface area contributed by atoms with Crippen LogP contribution in [0.5, 0.6) is 0 Å². The first kappa shape index (κ1) is 10.2. The topological polar surface area (TPSA) is 9.23 Å². The van der Waals surface area contributed by atoms with Crippen LogP contribution in [0.4, 0.5) is 0 Å². The minimum atomic E-state index is 0.521. The van der Waals surface area contributed by atoms with Crippen LogP contribution >= 0.6 is 0 Å². The molecule has 18 heavy (non-hydrogen) atoms. The maximum atomic E-state index is 5.72. The monoisotopic (exact) mass is 236 g/mol. The summed E-state index contributed by atoms with van der Waals surface area (Å²) in [6.45, 7) is 0.882. The lowest BCUT2D eigenvalue weighted by molar-refractivity contribution is 0.252. The van der Waals surface area contributed by atoms with Gasteiger partial charge in [-0.15, -0.1) is 0 Å². The summed E-state index contributed by atoms with van der Waals surface area (Å²) in [5.74, 6) is 2.86. The number of allylic oxidation sites excluding steroid dienone is 5. The summed E-state index contributed by atoms with van der Waals surface area (Å²) >= 11 is 0. The molecule has 4 rings (SSSR count). The Morgan fingerprint density at radius 2 is 2.06 bits per heavy atom. The molecule has 0 saturated carbocycles. The average Bonchev–Trinajstić information content (AvgIpc) is 3.05. The third-order valence-electron chi connectivity index (χ3n) is 4.37. The number of fused-ring (bicyclic) bond motifs is 2. The van der Waals surface area contributed by atoms with Crippen molar-refractivity contribution in [2.24, 2.45) is 11.8 Å². The Morgan fingerprint density at radius 1 is 1.11 bits per heavy atom. The molecule has 2 aliphatic carbocycles. The zero-order chi connectivity index (χ0) is 11.9. The summed E-state index contributed by atoms with van der Waals surface area (Å²) in [4.78, 5) is 0. The van der Waals surface area contributed by atoms with Crippen LogP contribution in [0.15, 0.2) is 54.3 Å². The van der Waals surface area contributed by atoms with Gasteiger partial charge in [0.05, 0.1) is 12.4 Å². The van der Waals surface area contributed by atoms with Crippen molar-refractivity contribution in [3.63, 3.8) is 0 Å². The lowest BCUT2D eigenvalue weighted by Gasteiger charge is -2.28. The van der Waals surface area contributed by atoms with Gasteiger partial charge >= 0.3 is 0 Å². The molecule has 0 radical (unpaired) electrons. The summed E-state index contributed by atoms with van der Waals surface area (Å²) in [6, 6.07) is 8.74. The van der Waals surface area contributed by atoms with Crippen molar-refractivity contribution in [1.29, 1.82) is 0 Å². The first-order valence-electron chi connectivity index (χ1n) is 6.72. The van der Waals surface area contributed by atoms with E-state index in [-0.39, 0.29) is 0 Å².